The summed E-state index contributed by atoms with van der Waals surface area (Å²) in [6.07, 6.45) is 0.455. The van der Waals surface area contributed by atoms with Gasteiger partial charge in [-0.05, 0) is 24.3 Å². The summed E-state index contributed by atoms with van der Waals surface area (Å²) in [4.78, 5) is 26.5. The molecule has 0 aliphatic heterocycles. The average Bonchev–Trinajstić information content (AvgIpc) is 2.50. The third kappa shape index (κ3) is 3.92. The third-order valence-corrected chi connectivity index (χ3v) is 2.94. The molecule has 0 unspecified atom stereocenters. The number of pyridine rings is 1. The van der Waals surface area contributed by atoms with Crippen LogP contribution in [0, 0.1) is 0 Å². The van der Waals surface area contributed by atoms with E-state index in [0.717, 1.165) is 10.9 Å². The molecule has 21 heavy (non-hydrogen) atoms. The Balaban J connectivity index is 2.01. The molecule has 0 spiro atoms. The fraction of sp³-hybridized carbons (Fsp3) is 0.267. The molecule has 1 aromatic heterocycles. The van der Waals surface area contributed by atoms with Crippen molar-refractivity contribution in [3.8, 4) is 5.88 Å². The van der Waals surface area contributed by atoms with E-state index in [1.807, 2.05) is 6.07 Å². The minimum Gasteiger partial charge on any atom is -0.476 e. The first-order chi connectivity index (χ1) is 10.1. The summed E-state index contributed by atoms with van der Waals surface area (Å²) in [5, 5.41) is 3.53. The highest BCUT2D eigenvalue weighted by Gasteiger charge is 2.04. The lowest BCUT2D eigenvalue weighted by Gasteiger charge is -2.07. The van der Waals surface area contributed by atoms with Crippen molar-refractivity contribution in [1.29, 1.82) is 0 Å². The molecular weight excluding hydrogens is 270 g/mol. The topological polar surface area (TPSA) is 94.3 Å². The molecule has 3 N–H and O–H groups in total. The second kappa shape index (κ2) is 6.69. The van der Waals surface area contributed by atoms with Crippen LogP contribution in [0.2, 0.25) is 0 Å². The summed E-state index contributed by atoms with van der Waals surface area (Å²) in [5.74, 6) is -0.00647. The van der Waals surface area contributed by atoms with Crippen LogP contribution in [-0.4, -0.2) is 29.9 Å². The number of benzene rings is 1. The number of hydrogen-bond acceptors (Lipinski definition) is 4. The highest BCUT2D eigenvalue weighted by molar-refractivity contribution is 5.96. The standard InChI is InChI=1S/C15H17N3O3/c1-2-13(19)17-7-8-21-14-6-4-10-9-11(15(16)20)3-5-12(10)18-14/h3-6,9H,2,7-8H2,1H3,(H2,16,20)(H,17,19). The van der Waals surface area contributed by atoms with Crippen LogP contribution in [0.1, 0.15) is 23.7 Å². The Bertz CT molecular complexity index is 670. The monoisotopic (exact) mass is 287 g/mol. The molecule has 2 amide bonds. The van der Waals surface area contributed by atoms with Crippen LogP contribution in [0.25, 0.3) is 10.9 Å². The molecule has 2 aromatic rings. The Hall–Kier alpha value is -2.63. The van der Waals surface area contributed by atoms with Gasteiger partial charge in [0.1, 0.15) is 6.61 Å². The number of rotatable bonds is 6. The number of aromatic nitrogens is 1. The number of carbonyl (C=O) groups excluding carboxylic acids is 2. The quantitative estimate of drug-likeness (QED) is 0.781. The molecule has 2 rings (SSSR count). The second-order valence-corrected chi connectivity index (χ2v) is 4.47. The summed E-state index contributed by atoms with van der Waals surface area (Å²) in [6, 6.07) is 8.57. The van der Waals surface area contributed by atoms with Crippen LogP contribution in [0.3, 0.4) is 0 Å². The molecule has 1 aromatic carbocycles. The number of amides is 2. The van der Waals surface area contributed by atoms with Gasteiger partial charge < -0.3 is 15.8 Å². The van der Waals surface area contributed by atoms with Gasteiger partial charge in [0, 0.05) is 23.4 Å². The van der Waals surface area contributed by atoms with Crippen molar-refractivity contribution < 1.29 is 14.3 Å². The number of nitrogens with one attached hydrogen (secondary N) is 1. The lowest BCUT2D eigenvalue weighted by Crippen LogP contribution is -2.27. The van der Waals surface area contributed by atoms with Crippen LogP contribution in [0.4, 0.5) is 0 Å². The molecule has 110 valence electrons. The summed E-state index contributed by atoms with van der Waals surface area (Å²) in [7, 11) is 0. The maximum Gasteiger partial charge on any atom is 0.248 e. The van der Waals surface area contributed by atoms with Gasteiger partial charge >= 0.3 is 0 Å². The molecule has 0 fully saturated rings. The van der Waals surface area contributed by atoms with Crippen LogP contribution >= 0.6 is 0 Å². The Morgan fingerprint density at radius 3 is 2.81 bits per heavy atom. The van der Waals surface area contributed by atoms with Crippen molar-refractivity contribution in [2.45, 2.75) is 13.3 Å². The smallest absolute Gasteiger partial charge is 0.248 e. The normalized spacial score (nSPS) is 10.3. The van der Waals surface area contributed by atoms with Gasteiger partial charge in [0.25, 0.3) is 0 Å². The highest BCUT2D eigenvalue weighted by atomic mass is 16.5. The average molecular weight is 287 g/mol. The van der Waals surface area contributed by atoms with Gasteiger partial charge in [0.2, 0.25) is 17.7 Å². The Kier molecular flexibility index (Phi) is 4.71. The van der Waals surface area contributed by atoms with Crippen LogP contribution < -0.4 is 15.8 Å². The summed E-state index contributed by atoms with van der Waals surface area (Å²) in [5.41, 5.74) is 6.40. The first-order valence-electron chi connectivity index (χ1n) is 6.70. The van der Waals surface area contributed by atoms with Gasteiger partial charge in [-0.3, -0.25) is 9.59 Å². The van der Waals surface area contributed by atoms with E-state index < -0.39 is 5.91 Å². The van der Waals surface area contributed by atoms with E-state index in [0.29, 0.717) is 31.0 Å². The van der Waals surface area contributed by atoms with E-state index in [2.05, 4.69) is 10.3 Å². The Morgan fingerprint density at radius 2 is 2.10 bits per heavy atom. The van der Waals surface area contributed by atoms with E-state index in [9.17, 15) is 9.59 Å². The van der Waals surface area contributed by atoms with E-state index in [4.69, 9.17) is 10.5 Å². The van der Waals surface area contributed by atoms with Gasteiger partial charge in [-0.15, -0.1) is 0 Å². The fourth-order valence-corrected chi connectivity index (χ4v) is 1.81. The lowest BCUT2D eigenvalue weighted by atomic mass is 10.1. The predicted octanol–water partition coefficient (Wildman–Crippen LogP) is 1.24. The Morgan fingerprint density at radius 1 is 1.29 bits per heavy atom. The van der Waals surface area contributed by atoms with E-state index in [1.165, 1.54) is 0 Å². The molecular formula is C15H17N3O3. The number of primary amides is 1. The Labute approximate surface area is 122 Å². The van der Waals surface area contributed by atoms with E-state index in [-0.39, 0.29) is 5.91 Å². The second-order valence-electron chi connectivity index (χ2n) is 4.47. The number of ether oxygens (including phenoxy) is 1. The van der Waals surface area contributed by atoms with Crippen molar-refractivity contribution in [2.75, 3.05) is 13.2 Å². The molecule has 0 aliphatic rings. The van der Waals surface area contributed by atoms with Gasteiger partial charge in [-0.1, -0.05) is 6.92 Å². The van der Waals surface area contributed by atoms with Gasteiger partial charge in [-0.25, -0.2) is 4.98 Å². The molecule has 0 saturated carbocycles. The first-order valence-corrected chi connectivity index (χ1v) is 6.70. The predicted molar refractivity (Wildman–Crippen MR) is 79.1 cm³/mol. The van der Waals surface area contributed by atoms with Gasteiger partial charge in [0.05, 0.1) is 12.1 Å². The van der Waals surface area contributed by atoms with E-state index >= 15 is 0 Å². The maximum absolute atomic E-state index is 11.1. The molecule has 0 atom stereocenters. The molecule has 0 saturated heterocycles. The van der Waals surface area contributed by atoms with E-state index in [1.54, 1.807) is 31.2 Å². The highest BCUT2D eigenvalue weighted by Crippen LogP contribution is 2.18. The summed E-state index contributed by atoms with van der Waals surface area (Å²) in [6.45, 7) is 2.58. The van der Waals surface area contributed by atoms with Gasteiger partial charge in [-0.2, -0.15) is 0 Å². The third-order valence-electron chi connectivity index (χ3n) is 2.94. The number of fused-ring (bicyclic) bond motifs is 1. The zero-order chi connectivity index (χ0) is 15.2. The number of hydrogen-bond donors (Lipinski definition) is 2. The largest absolute Gasteiger partial charge is 0.476 e. The SMILES string of the molecule is CCC(=O)NCCOc1ccc2cc(C(N)=O)ccc2n1. The lowest BCUT2D eigenvalue weighted by molar-refractivity contribution is -0.120. The zero-order valence-corrected chi connectivity index (χ0v) is 11.8. The van der Waals surface area contributed by atoms with Crippen molar-refractivity contribution in [1.82, 2.24) is 10.3 Å². The van der Waals surface area contributed by atoms with Gasteiger partial charge in [0.15, 0.2) is 0 Å². The minimum absolute atomic E-state index is 0.0101. The minimum atomic E-state index is -0.469. The zero-order valence-electron chi connectivity index (χ0n) is 11.8. The van der Waals surface area contributed by atoms with Crippen LogP contribution in [-0.2, 0) is 4.79 Å². The molecule has 6 heteroatoms. The van der Waals surface area contributed by atoms with Crippen LogP contribution in [0.5, 0.6) is 5.88 Å². The number of nitrogens with zero attached hydrogens (tertiary/aromatic N) is 1. The number of carbonyl (C=O) groups is 2. The molecule has 0 aliphatic carbocycles. The molecule has 6 nitrogen and oxygen atoms in total. The van der Waals surface area contributed by atoms with Crippen molar-refractivity contribution in [3.05, 3.63) is 35.9 Å². The summed E-state index contributed by atoms with van der Waals surface area (Å²) >= 11 is 0. The van der Waals surface area contributed by atoms with Crippen molar-refractivity contribution >= 4 is 22.7 Å². The van der Waals surface area contributed by atoms with Crippen molar-refractivity contribution in [2.24, 2.45) is 5.73 Å². The fourth-order valence-electron chi connectivity index (χ4n) is 1.81. The molecule has 0 bridgehead atoms. The maximum atomic E-state index is 11.1. The summed E-state index contributed by atoms with van der Waals surface area (Å²) < 4.78 is 5.47. The van der Waals surface area contributed by atoms with Crippen molar-refractivity contribution in [3.63, 3.8) is 0 Å². The van der Waals surface area contributed by atoms with Crippen LogP contribution in [0.15, 0.2) is 30.3 Å². The first kappa shape index (κ1) is 14.8. The molecule has 1 heterocycles. The number of nitrogens with two attached hydrogens (primary N) is 1. The molecule has 0 radical (unpaired) electrons.